The Labute approximate surface area is 77.4 Å². The van der Waals surface area contributed by atoms with Crippen molar-refractivity contribution in [1.82, 2.24) is 19.9 Å². The van der Waals surface area contributed by atoms with E-state index in [9.17, 15) is 9.59 Å². The van der Waals surface area contributed by atoms with Gasteiger partial charge >= 0.3 is 5.69 Å². The third-order valence-corrected chi connectivity index (χ3v) is 1.84. The fourth-order valence-corrected chi connectivity index (χ4v) is 1.17. The first-order valence-corrected chi connectivity index (χ1v) is 4.05. The Kier molecular flexibility index (Phi) is 1.74. The van der Waals surface area contributed by atoms with E-state index in [1.807, 2.05) is 0 Å². The molecule has 0 saturated carbocycles. The van der Waals surface area contributed by atoms with Gasteiger partial charge in [-0.15, -0.1) is 0 Å². The minimum absolute atomic E-state index is 0.228. The van der Waals surface area contributed by atoms with Gasteiger partial charge in [-0.25, -0.2) is 9.78 Å². The molecule has 7 heteroatoms. The van der Waals surface area contributed by atoms with Gasteiger partial charge in [0.2, 0.25) is 0 Å². The quantitative estimate of drug-likeness (QED) is 0.464. The molecule has 0 aliphatic heterocycles. The van der Waals surface area contributed by atoms with Crippen LogP contribution < -0.4 is 17.0 Å². The number of nitrogens with one attached hydrogen (secondary N) is 3. The van der Waals surface area contributed by atoms with Crippen LogP contribution in [0.2, 0.25) is 0 Å². The van der Waals surface area contributed by atoms with Crippen molar-refractivity contribution in [3.05, 3.63) is 26.7 Å². The molecule has 0 spiro atoms. The normalized spacial score (nSPS) is 13.3. The second-order valence-corrected chi connectivity index (χ2v) is 3.04. The minimum Gasteiger partial charge on any atom is -0.335 e. The lowest BCUT2D eigenvalue weighted by atomic mass is 10.3. The van der Waals surface area contributed by atoms with E-state index < -0.39 is 11.2 Å². The van der Waals surface area contributed by atoms with E-state index in [0.29, 0.717) is 5.82 Å². The van der Waals surface area contributed by atoms with Crippen molar-refractivity contribution >= 4 is 11.2 Å². The zero-order valence-electron chi connectivity index (χ0n) is 7.42. The highest BCUT2D eigenvalue weighted by Gasteiger charge is 2.09. The largest absolute Gasteiger partial charge is 0.335 e. The number of imidazole rings is 1. The van der Waals surface area contributed by atoms with Crippen molar-refractivity contribution in [3.63, 3.8) is 0 Å². The summed E-state index contributed by atoms with van der Waals surface area (Å²) in [5.74, 6) is 0.465. The summed E-state index contributed by atoms with van der Waals surface area (Å²) in [6.45, 7) is 1.73. The van der Waals surface area contributed by atoms with E-state index in [1.54, 1.807) is 6.92 Å². The number of rotatable bonds is 1. The fraction of sp³-hybridized carbons (Fsp3) is 0.286. The van der Waals surface area contributed by atoms with Gasteiger partial charge in [0.05, 0.1) is 6.04 Å². The molecule has 0 saturated heterocycles. The Hall–Kier alpha value is -1.89. The standard InChI is InChI=1S/C7H9N5O2/c1-2(8)4-9-3-5(10-4)11-7(14)12-6(3)13/h2H,8H2,1H3,(H3,9,10,11,12,13,14). The van der Waals surface area contributed by atoms with E-state index in [-0.39, 0.29) is 17.2 Å². The molecule has 2 aromatic heterocycles. The maximum Gasteiger partial charge on any atom is 0.327 e. The predicted octanol–water partition coefficient (Wildman–Crippen LogP) is -1.04. The number of H-pyrrole nitrogens is 3. The van der Waals surface area contributed by atoms with Gasteiger partial charge in [-0.1, -0.05) is 0 Å². The molecule has 2 aromatic rings. The molecule has 1 unspecified atom stereocenters. The molecule has 1 atom stereocenters. The van der Waals surface area contributed by atoms with Crippen molar-refractivity contribution < 1.29 is 0 Å². The highest BCUT2D eigenvalue weighted by atomic mass is 16.2. The SMILES string of the molecule is CC(N)c1nc2[nH]c(=O)[nH]c(=O)c2[nH]1. The molecular weight excluding hydrogens is 186 g/mol. The first kappa shape index (κ1) is 8.70. The highest BCUT2D eigenvalue weighted by molar-refractivity contribution is 5.68. The fourth-order valence-electron chi connectivity index (χ4n) is 1.17. The summed E-state index contributed by atoms with van der Waals surface area (Å²) < 4.78 is 0. The number of aromatic nitrogens is 4. The van der Waals surface area contributed by atoms with E-state index >= 15 is 0 Å². The van der Waals surface area contributed by atoms with Crippen LogP contribution in [0.4, 0.5) is 0 Å². The van der Waals surface area contributed by atoms with Crippen molar-refractivity contribution in [2.75, 3.05) is 0 Å². The van der Waals surface area contributed by atoms with Crippen molar-refractivity contribution in [3.8, 4) is 0 Å². The Balaban J connectivity index is 2.84. The third kappa shape index (κ3) is 1.23. The van der Waals surface area contributed by atoms with Gasteiger partial charge < -0.3 is 10.7 Å². The molecule has 0 radical (unpaired) electrons. The summed E-state index contributed by atoms with van der Waals surface area (Å²) in [6.07, 6.45) is 0. The zero-order valence-corrected chi connectivity index (χ0v) is 7.42. The maximum atomic E-state index is 11.2. The topological polar surface area (TPSA) is 120 Å². The Morgan fingerprint density at radius 3 is 2.64 bits per heavy atom. The second kappa shape index (κ2) is 2.81. The molecule has 0 bridgehead atoms. The maximum absolute atomic E-state index is 11.2. The molecule has 2 rings (SSSR count). The molecule has 0 aliphatic rings. The Morgan fingerprint density at radius 1 is 1.29 bits per heavy atom. The van der Waals surface area contributed by atoms with Crippen molar-refractivity contribution in [1.29, 1.82) is 0 Å². The molecule has 74 valence electrons. The van der Waals surface area contributed by atoms with Gasteiger partial charge in [0, 0.05) is 0 Å². The predicted molar refractivity (Wildman–Crippen MR) is 49.9 cm³/mol. The van der Waals surface area contributed by atoms with E-state index in [1.165, 1.54) is 0 Å². The van der Waals surface area contributed by atoms with Crippen molar-refractivity contribution in [2.24, 2.45) is 5.73 Å². The molecule has 2 heterocycles. The molecule has 7 nitrogen and oxygen atoms in total. The summed E-state index contributed by atoms with van der Waals surface area (Å²) in [4.78, 5) is 33.3. The van der Waals surface area contributed by atoms with Crippen LogP contribution in [0.25, 0.3) is 11.2 Å². The van der Waals surface area contributed by atoms with Crippen LogP contribution in [-0.4, -0.2) is 19.9 Å². The first-order valence-electron chi connectivity index (χ1n) is 4.05. The van der Waals surface area contributed by atoms with Gasteiger partial charge in [-0.2, -0.15) is 0 Å². The summed E-state index contributed by atoms with van der Waals surface area (Å²) in [7, 11) is 0. The number of hydrogen-bond donors (Lipinski definition) is 4. The molecule has 5 N–H and O–H groups in total. The van der Waals surface area contributed by atoms with Crippen LogP contribution in [0.1, 0.15) is 18.8 Å². The van der Waals surface area contributed by atoms with Crippen LogP contribution in [0.3, 0.4) is 0 Å². The first-order chi connectivity index (χ1) is 6.58. The summed E-state index contributed by atoms with van der Waals surface area (Å²) in [5.41, 5.74) is 4.95. The summed E-state index contributed by atoms with van der Waals surface area (Å²) >= 11 is 0. The van der Waals surface area contributed by atoms with Crippen LogP contribution in [0, 0.1) is 0 Å². The monoisotopic (exact) mass is 195 g/mol. The van der Waals surface area contributed by atoms with Gasteiger partial charge in [-0.3, -0.25) is 14.8 Å². The average molecular weight is 195 g/mol. The number of fused-ring (bicyclic) bond motifs is 1. The lowest BCUT2D eigenvalue weighted by Crippen LogP contribution is -2.21. The smallest absolute Gasteiger partial charge is 0.327 e. The minimum atomic E-state index is -0.578. The number of hydrogen-bond acceptors (Lipinski definition) is 4. The Bertz CT molecular complexity index is 576. The van der Waals surface area contributed by atoms with E-state index in [0.717, 1.165) is 0 Å². The van der Waals surface area contributed by atoms with E-state index in [4.69, 9.17) is 5.73 Å². The molecular formula is C7H9N5O2. The van der Waals surface area contributed by atoms with Crippen LogP contribution in [0.15, 0.2) is 9.59 Å². The van der Waals surface area contributed by atoms with E-state index in [2.05, 4.69) is 19.9 Å². The van der Waals surface area contributed by atoms with Crippen LogP contribution >= 0.6 is 0 Å². The van der Waals surface area contributed by atoms with Gasteiger partial charge in [0.25, 0.3) is 5.56 Å². The number of nitrogens with zero attached hydrogens (tertiary/aromatic N) is 1. The second-order valence-electron chi connectivity index (χ2n) is 3.04. The van der Waals surface area contributed by atoms with Gasteiger partial charge in [0.15, 0.2) is 5.65 Å². The van der Waals surface area contributed by atoms with Crippen LogP contribution in [-0.2, 0) is 0 Å². The molecule has 0 fully saturated rings. The highest BCUT2D eigenvalue weighted by Crippen LogP contribution is 2.07. The molecule has 0 amide bonds. The summed E-state index contributed by atoms with van der Waals surface area (Å²) in [5, 5.41) is 0. The Morgan fingerprint density at radius 2 is 2.00 bits per heavy atom. The molecule has 0 aliphatic carbocycles. The zero-order chi connectivity index (χ0) is 10.3. The molecule has 0 aromatic carbocycles. The van der Waals surface area contributed by atoms with Gasteiger partial charge in [-0.05, 0) is 6.92 Å². The van der Waals surface area contributed by atoms with Crippen molar-refractivity contribution in [2.45, 2.75) is 13.0 Å². The van der Waals surface area contributed by atoms with Crippen LogP contribution in [0.5, 0.6) is 0 Å². The third-order valence-electron chi connectivity index (χ3n) is 1.84. The summed E-state index contributed by atoms with van der Waals surface area (Å²) in [6, 6.07) is -0.315. The lowest BCUT2D eigenvalue weighted by Gasteiger charge is -1.95. The average Bonchev–Trinajstić information content (AvgIpc) is 2.47. The van der Waals surface area contributed by atoms with Gasteiger partial charge in [0.1, 0.15) is 11.3 Å². The number of aromatic amines is 3. The molecule has 14 heavy (non-hydrogen) atoms. The number of nitrogens with two attached hydrogens (primary N) is 1. The lowest BCUT2D eigenvalue weighted by molar-refractivity contribution is 0.759.